The summed E-state index contributed by atoms with van der Waals surface area (Å²) in [5, 5.41) is 11.7. The lowest BCUT2D eigenvalue weighted by molar-refractivity contribution is -0.889. The van der Waals surface area contributed by atoms with E-state index in [0.717, 1.165) is 64.2 Å². The van der Waals surface area contributed by atoms with E-state index in [1.54, 1.807) is 21.1 Å². The highest BCUT2D eigenvalue weighted by atomic mass is 16.6. The molecule has 2 atom stereocenters. The first-order valence-corrected chi connectivity index (χ1v) is 26.9. The minimum Gasteiger partial charge on any atom is -0.544 e. The number of hydrogen-bond donors (Lipinski definition) is 0. The second-order valence-electron chi connectivity index (χ2n) is 19.5. The number of ether oxygens (including phenoxy) is 3. The van der Waals surface area contributed by atoms with Crippen LogP contribution in [0.25, 0.3) is 0 Å². The van der Waals surface area contributed by atoms with Crippen LogP contribution in [0.5, 0.6) is 0 Å². The summed E-state index contributed by atoms with van der Waals surface area (Å²) < 4.78 is 17.2. The molecule has 8 heteroatoms. The number of rotatable bonds is 49. The molecular formula is C55H103NO7. The number of quaternary nitrogens is 1. The number of carbonyl (C=O) groups excluding carboxylic acids is 3. The Morgan fingerprint density at radius 1 is 0.476 bits per heavy atom. The summed E-state index contributed by atoms with van der Waals surface area (Å²) in [6.07, 6.45) is 53.6. The van der Waals surface area contributed by atoms with Crippen LogP contribution in [0, 0.1) is 0 Å². The maximum Gasteiger partial charge on any atom is 0.306 e. The summed E-state index contributed by atoms with van der Waals surface area (Å²) in [6.45, 7) is 4.66. The van der Waals surface area contributed by atoms with Gasteiger partial charge in [-0.05, 0) is 44.9 Å². The van der Waals surface area contributed by atoms with Gasteiger partial charge in [0.15, 0.2) is 6.10 Å². The van der Waals surface area contributed by atoms with Crippen molar-refractivity contribution in [2.24, 2.45) is 0 Å². The fraction of sp³-hybridized carbons (Fsp3) is 0.873. The van der Waals surface area contributed by atoms with Crippen molar-refractivity contribution in [1.82, 2.24) is 0 Å². The largest absolute Gasteiger partial charge is 0.544 e. The number of carboxylic acid groups (broad SMARTS) is 1. The van der Waals surface area contributed by atoms with Crippen LogP contribution in [0.1, 0.15) is 258 Å². The average molecular weight is 890 g/mol. The van der Waals surface area contributed by atoms with Crippen LogP contribution < -0.4 is 5.11 Å². The van der Waals surface area contributed by atoms with E-state index in [2.05, 4.69) is 38.2 Å². The van der Waals surface area contributed by atoms with E-state index in [1.165, 1.54) is 161 Å². The van der Waals surface area contributed by atoms with Crippen LogP contribution >= 0.6 is 0 Å². The van der Waals surface area contributed by atoms with E-state index in [1.807, 2.05) is 0 Å². The molecule has 370 valence electrons. The van der Waals surface area contributed by atoms with Crippen LogP contribution in [0.4, 0.5) is 0 Å². The van der Waals surface area contributed by atoms with Gasteiger partial charge in [0.25, 0.3) is 0 Å². The molecule has 8 nitrogen and oxygen atoms in total. The van der Waals surface area contributed by atoms with Gasteiger partial charge in [0, 0.05) is 19.3 Å². The normalized spacial score (nSPS) is 13.0. The smallest absolute Gasteiger partial charge is 0.306 e. The summed E-state index contributed by atoms with van der Waals surface area (Å²) in [7, 11) is 5.42. The summed E-state index contributed by atoms with van der Waals surface area (Å²) in [5.74, 6) is -1.74. The second-order valence-corrected chi connectivity index (χ2v) is 19.5. The van der Waals surface area contributed by atoms with Crippen LogP contribution in [0.2, 0.25) is 0 Å². The molecule has 63 heavy (non-hydrogen) atoms. The first kappa shape index (κ1) is 60.8. The number of likely N-dealkylation sites (N-methyl/N-ethyl adjacent to an activating group) is 1. The zero-order valence-electron chi connectivity index (χ0n) is 42.3. The van der Waals surface area contributed by atoms with Crippen molar-refractivity contribution in [2.75, 3.05) is 41.0 Å². The van der Waals surface area contributed by atoms with Gasteiger partial charge in [-0.25, -0.2) is 0 Å². The molecule has 0 saturated heterocycles. The monoisotopic (exact) mass is 890 g/mol. The number of hydrogen-bond acceptors (Lipinski definition) is 7. The predicted molar refractivity (Wildman–Crippen MR) is 264 cm³/mol. The first-order chi connectivity index (χ1) is 30.6. The molecule has 0 heterocycles. The summed E-state index contributed by atoms with van der Waals surface area (Å²) in [4.78, 5) is 37.0. The van der Waals surface area contributed by atoms with Gasteiger partial charge in [-0.1, -0.05) is 218 Å². The van der Waals surface area contributed by atoms with Crippen molar-refractivity contribution in [3.8, 4) is 0 Å². The molecule has 0 bridgehead atoms. The molecule has 0 aliphatic rings. The van der Waals surface area contributed by atoms with Gasteiger partial charge in [-0.2, -0.15) is 0 Å². The maximum absolute atomic E-state index is 12.8. The molecule has 0 aromatic carbocycles. The first-order valence-electron chi connectivity index (χ1n) is 26.9. The van der Waals surface area contributed by atoms with E-state index >= 15 is 0 Å². The van der Waals surface area contributed by atoms with Crippen LogP contribution in [-0.2, 0) is 28.6 Å². The quantitative estimate of drug-likeness (QED) is 0.0259. The maximum atomic E-state index is 12.8. The van der Waals surface area contributed by atoms with E-state index in [-0.39, 0.29) is 42.7 Å². The average Bonchev–Trinajstić information content (AvgIpc) is 3.24. The molecule has 0 aromatic rings. The van der Waals surface area contributed by atoms with Crippen LogP contribution in [-0.4, -0.2) is 75.5 Å². The van der Waals surface area contributed by atoms with Gasteiger partial charge in [-0.3, -0.25) is 9.59 Å². The Kier molecular flexibility index (Phi) is 44.7. The zero-order chi connectivity index (χ0) is 46.3. The molecule has 0 aromatic heterocycles. The second kappa shape index (κ2) is 46.3. The van der Waals surface area contributed by atoms with E-state index in [4.69, 9.17) is 14.2 Å². The summed E-state index contributed by atoms with van der Waals surface area (Å²) in [5.41, 5.74) is 0. The van der Waals surface area contributed by atoms with Crippen molar-refractivity contribution >= 4 is 17.9 Å². The predicted octanol–water partition coefficient (Wildman–Crippen LogP) is 14.3. The van der Waals surface area contributed by atoms with Crippen molar-refractivity contribution in [3.63, 3.8) is 0 Å². The van der Waals surface area contributed by atoms with Crippen molar-refractivity contribution in [3.05, 3.63) is 24.3 Å². The van der Waals surface area contributed by atoms with Crippen molar-refractivity contribution in [2.45, 2.75) is 270 Å². The Morgan fingerprint density at radius 2 is 0.841 bits per heavy atom. The number of nitrogens with zero attached hydrogens (tertiary/aromatic N) is 1. The highest BCUT2D eigenvalue weighted by Crippen LogP contribution is 2.17. The molecule has 0 amide bonds. The van der Waals surface area contributed by atoms with E-state index in [9.17, 15) is 19.5 Å². The van der Waals surface area contributed by atoms with E-state index in [0.29, 0.717) is 12.8 Å². The van der Waals surface area contributed by atoms with Gasteiger partial charge in [0.05, 0.1) is 40.3 Å². The molecule has 2 unspecified atom stereocenters. The molecule has 0 aliphatic heterocycles. The van der Waals surface area contributed by atoms with Gasteiger partial charge >= 0.3 is 11.9 Å². The SMILES string of the molecule is CCCCC/C=C\C/C=C\CCCCCCCC(=O)OC(COCCC(C(=O)[O-])[N+](C)(C)C)COC(=O)CCCCCCCCCCCCCCCCCCCCCCCCCC. The lowest BCUT2D eigenvalue weighted by Gasteiger charge is -2.34. The Balaban J connectivity index is 4.13. The number of aliphatic carboxylic acids is 1. The Labute approximate surface area is 390 Å². The number of carbonyl (C=O) groups is 3. The molecule has 0 saturated carbocycles. The Hall–Kier alpha value is -2.19. The summed E-state index contributed by atoms with van der Waals surface area (Å²) in [6, 6.07) is -0.726. The van der Waals surface area contributed by atoms with Gasteiger partial charge in [-0.15, -0.1) is 0 Å². The standard InChI is InChI=1S/C55H103NO7/c1-6-8-10-12-14-16-18-20-22-23-24-25-26-27-28-29-30-32-33-35-37-39-41-43-45-53(57)62-50-51(49-61-48-47-52(55(59)60)56(3,4)5)63-54(58)46-44-42-40-38-36-34-31-21-19-17-15-13-11-9-7-2/h15,17,21,31,51-52H,6-14,16,18-20,22-30,32-50H2,1-5H3/b17-15-,31-21-. The Morgan fingerprint density at radius 3 is 1.25 bits per heavy atom. The Bertz CT molecular complexity index is 1080. The highest BCUT2D eigenvalue weighted by Gasteiger charge is 2.25. The highest BCUT2D eigenvalue weighted by molar-refractivity contribution is 5.70. The summed E-state index contributed by atoms with van der Waals surface area (Å²) >= 11 is 0. The van der Waals surface area contributed by atoms with Gasteiger partial charge in [0.1, 0.15) is 12.6 Å². The van der Waals surface area contributed by atoms with E-state index < -0.39 is 18.1 Å². The third-order valence-electron chi connectivity index (χ3n) is 12.3. The van der Waals surface area contributed by atoms with Crippen LogP contribution in [0.15, 0.2) is 24.3 Å². The number of carboxylic acids is 1. The lowest BCUT2D eigenvalue weighted by Crippen LogP contribution is -2.55. The number of allylic oxidation sites excluding steroid dienone is 4. The molecule has 0 fully saturated rings. The minimum atomic E-state index is -1.12. The number of esters is 2. The van der Waals surface area contributed by atoms with Crippen molar-refractivity contribution < 1.29 is 38.2 Å². The molecule has 0 rings (SSSR count). The van der Waals surface area contributed by atoms with Gasteiger partial charge < -0.3 is 28.6 Å². The lowest BCUT2D eigenvalue weighted by atomic mass is 10.0. The van der Waals surface area contributed by atoms with Crippen molar-refractivity contribution in [1.29, 1.82) is 0 Å². The fourth-order valence-electron chi connectivity index (χ4n) is 8.16. The molecule has 0 aliphatic carbocycles. The van der Waals surface area contributed by atoms with Gasteiger partial charge in [0.2, 0.25) is 0 Å². The fourth-order valence-corrected chi connectivity index (χ4v) is 8.16. The molecule has 0 radical (unpaired) electrons. The molecular weight excluding hydrogens is 787 g/mol. The minimum absolute atomic E-state index is 0.0393. The van der Waals surface area contributed by atoms with Crippen LogP contribution in [0.3, 0.4) is 0 Å². The zero-order valence-corrected chi connectivity index (χ0v) is 42.3. The number of unbranched alkanes of at least 4 members (excludes halogenated alkanes) is 31. The topological polar surface area (TPSA) is 102 Å². The molecule has 0 spiro atoms. The third kappa shape index (κ3) is 44.8. The molecule has 0 N–H and O–H groups in total. The third-order valence-corrected chi connectivity index (χ3v) is 12.3.